The Bertz CT molecular complexity index is 381. The molecule has 0 bridgehead atoms. The summed E-state index contributed by atoms with van der Waals surface area (Å²) < 4.78 is 5.73. The Hall–Kier alpha value is -1.31. The maximum atomic E-state index is 11.5. The SMILES string of the molecule is CCCCCCOc1ccc(CCCC(=O)CCC)cc1. The Morgan fingerprint density at radius 2 is 1.67 bits per heavy atom. The summed E-state index contributed by atoms with van der Waals surface area (Å²) in [4.78, 5) is 11.5. The van der Waals surface area contributed by atoms with E-state index in [4.69, 9.17) is 4.74 Å². The van der Waals surface area contributed by atoms with E-state index in [2.05, 4.69) is 26.0 Å². The van der Waals surface area contributed by atoms with Crippen molar-refractivity contribution < 1.29 is 9.53 Å². The Morgan fingerprint density at radius 3 is 2.33 bits per heavy atom. The van der Waals surface area contributed by atoms with E-state index in [0.29, 0.717) is 12.2 Å². The van der Waals surface area contributed by atoms with Crippen molar-refractivity contribution in [2.45, 2.75) is 71.6 Å². The van der Waals surface area contributed by atoms with Gasteiger partial charge in [-0.15, -0.1) is 0 Å². The molecular formula is C19H30O2. The van der Waals surface area contributed by atoms with Crippen molar-refractivity contribution >= 4 is 5.78 Å². The molecule has 0 unspecified atom stereocenters. The van der Waals surface area contributed by atoms with E-state index in [0.717, 1.165) is 44.5 Å². The molecule has 0 heterocycles. The Kier molecular flexibility index (Phi) is 9.60. The number of carbonyl (C=O) groups is 1. The molecule has 0 saturated carbocycles. The predicted octanol–water partition coefficient (Wildman–Crippen LogP) is 5.34. The molecule has 0 aliphatic heterocycles. The second-order valence-electron chi connectivity index (χ2n) is 5.70. The average Bonchev–Trinajstić information content (AvgIpc) is 2.49. The van der Waals surface area contributed by atoms with Crippen molar-refractivity contribution in [1.82, 2.24) is 0 Å². The van der Waals surface area contributed by atoms with Crippen LogP contribution < -0.4 is 4.74 Å². The van der Waals surface area contributed by atoms with Gasteiger partial charge in [-0.1, -0.05) is 45.2 Å². The molecule has 1 rings (SSSR count). The number of rotatable bonds is 12. The highest BCUT2D eigenvalue weighted by atomic mass is 16.5. The lowest BCUT2D eigenvalue weighted by atomic mass is 10.0. The fourth-order valence-corrected chi connectivity index (χ4v) is 2.36. The maximum Gasteiger partial charge on any atom is 0.132 e. The van der Waals surface area contributed by atoms with Crippen LogP contribution in [-0.2, 0) is 11.2 Å². The van der Waals surface area contributed by atoms with Gasteiger partial charge in [-0.05, 0) is 43.4 Å². The van der Waals surface area contributed by atoms with E-state index in [-0.39, 0.29) is 0 Å². The van der Waals surface area contributed by atoms with Crippen LogP contribution in [0.2, 0.25) is 0 Å². The number of benzene rings is 1. The van der Waals surface area contributed by atoms with Crippen LogP contribution in [0.3, 0.4) is 0 Å². The van der Waals surface area contributed by atoms with Gasteiger partial charge in [0.25, 0.3) is 0 Å². The van der Waals surface area contributed by atoms with Gasteiger partial charge in [0.2, 0.25) is 0 Å². The maximum absolute atomic E-state index is 11.5. The number of Topliss-reactive ketones (excluding diaryl/α,β-unsaturated/α-hetero) is 1. The zero-order valence-corrected chi connectivity index (χ0v) is 13.7. The molecule has 0 saturated heterocycles. The molecule has 0 atom stereocenters. The second-order valence-corrected chi connectivity index (χ2v) is 5.70. The largest absolute Gasteiger partial charge is 0.494 e. The molecule has 1 aromatic rings. The van der Waals surface area contributed by atoms with Gasteiger partial charge in [0, 0.05) is 12.8 Å². The minimum atomic E-state index is 0.393. The van der Waals surface area contributed by atoms with Crippen LogP contribution in [0.4, 0.5) is 0 Å². The number of unbranched alkanes of at least 4 members (excludes halogenated alkanes) is 3. The van der Waals surface area contributed by atoms with Gasteiger partial charge in [-0.3, -0.25) is 4.79 Å². The second kappa shape index (κ2) is 11.4. The van der Waals surface area contributed by atoms with E-state index in [9.17, 15) is 4.79 Å². The van der Waals surface area contributed by atoms with Crippen molar-refractivity contribution in [3.63, 3.8) is 0 Å². The molecule has 0 aromatic heterocycles. The third kappa shape index (κ3) is 8.54. The minimum absolute atomic E-state index is 0.393. The Balaban J connectivity index is 2.19. The monoisotopic (exact) mass is 290 g/mol. The molecule has 2 heteroatoms. The molecule has 2 nitrogen and oxygen atoms in total. The van der Waals surface area contributed by atoms with Gasteiger partial charge in [-0.25, -0.2) is 0 Å². The average molecular weight is 290 g/mol. The van der Waals surface area contributed by atoms with Crippen molar-refractivity contribution in [3.8, 4) is 5.75 Å². The van der Waals surface area contributed by atoms with Gasteiger partial charge in [-0.2, -0.15) is 0 Å². The number of ether oxygens (including phenoxy) is 1. The Labute approximate surface area is 129 Å². The van der Waals surface area contributed by atoms with Gasteiger partial charge in [0.1, 0.15) is 11.5 Å². The molecule has 0 radical (unpaired) electrons. The van der Waals surface area contributed by atoms with Crippen LogP contribution in [0.15, 0.2) is 24.3 Å². The van der Waals surface area contributed by atoms with Crippen molar-refractivity contribution in [1.29, 1.82) is 0 Å². The fraction of sp³-hybridized carbons (Fsp3) is 0.632. The molecule has 0 N–H and O–H groups in total. The lowest BCUT2D eigenvalue weighted by Crippen LogP contribution is -1.99. The van der Waals surface area contributed by atoms with Crippen LogP contribution in [0.1, 0.15) is 70.8 Å². The fourth-order valence-electron chi connectivity index (χ4n) is 2.36. The van der Waals surface area contributed by atoms with E-state index < -0.39 is 0 Å². The van der Waals surface area contributed by atoms with E-state index in [1.165, 1.54) is 24.8 Å². The first-order valence-corrected chi connectivity index (χ1v) is 8.49. The first kappa shape index (κ1) is 17.7. The summed E-state index contributed by atoms with van der Waals surface area (Å²) in [5.41, 5.74) is 1.29. The molecule has 1 aromatic carbocycles. The number of hydrogen-bond acceptors (Lipinski definition) is 2. The predicted molar refractivity (Wildman–Crippen MR) is 88.9 cm³/mol. The van der Waals surface area contributed by atoms with Crippen LogP contribution >= 0.6 is 0 Å². The highest BCUT2D eigenvalue weighted by Crippen LogP contribution is 2.15. The zero-order valence-electron chi connectivity index (χ0n) is 13.7. The summed E-state index contributed by atoms with van der Waals surface area (Å²) in [6.45, 7) is 5.08. The molecule has 118 valence electrons. The topological polar surface area (TPSA) is 26.3 Å². The molecule has 0 aliphatic rings. The normalized spacial score (nSPS) is 10.6. The van der Waals surface area contributed by atoms with Crippen LogP contribution in [-0.4, -0.2) is 12.4 Å². The summed E-state index contributed by atoms with van der Waals surface area (Å²) in [5.74, 6) is 1.35. The third-order valence-corrected chi connectivity index (χ3v) is 3.64. The minimum Gasteiger partial charge on any atom is -0.494 e. The highest BCUT2D eigenvalue weighted by Gasteiger charge is 2.01. The molecule has 0 fully saturated rings. The van der Waals surface area contributed by atoms with Crippen molar-refractivity contribution in [2.24, 2.45) is 0 Å². The molecule has 21 heavy (non-hydrogen) atoms. The first-order valence-electron chi connectivity index (χ1n) is 8.49. The van der Waals surface area contributed by atoms with E-state index >= 15 is 0 Å². The summed E-state index contributed by atoms with van der Waals surface area (Å²) in [6, 6.07) is 8.32. The van der Waals surface area contributed by atoms with Gasteiger partial charge in [0.15, 0.2) is 0 Å². The number of aryl methyl sites for hydroxylation is 1. The molecule has 0 spiro atoms. The smallest absolute Gasteiger partial charge is 0.132 e. The highest BCUT2D eigenvalue weighted by molar-refractivity contribution is 5.78. The van der Waals surface area contributed by atoms with Crippen LogP contribution in [0.5, 0.6) is 5.75 Å². The standard InChI is InChI=1S/C19H30O2/c1-3-5-6-7-16-21-19-14-12-17(13-15-19)10-8-11-18(20)9-4-2/h12-15H,3-11,16H2,1-2H3. The molecule has 0 amide bonds. The third-order valence-electron chi connectivity index (χ3n) is 3.64. The van der Waals surface area contributed by atoms with Gasteiger partial charge >= 0.3 is 0 Å². The lowest BCUT2D eigenvalue weighted by Gasteiger charge is -2.07. The lowest BCUT2D eigenvalue weighted by molar-refractivity contribution is -0.119. The molecule has 0 aliphatic carbocycles. The van der Waals surface area contributed by atoms with Crippen LogP contribution in [0, 0.1) is 0 Å². The van der Waals surface area contributed by atoms with Crippen molar-refractivity contribution in [2.75, 3.05) is 6.61 Å². The summed E-state index contributed by atoms with van der Waals surface area (Å²) in [6.07, 6.45) is 9.27. The Morgan fingerprint density at radius 1 is 0.905 bits per heavy atom. The number of carbonyl (C=O) groups excluding carboxylic acids is 1. The number of hydrogen-bond donors (Lipinski definition) is 0. The summed E-state index contributed by atoms with van der Waals surface area (Å²) >= 11 is 0. The van der Waals surface area contributed by atoms with E-state index in [1.807, 2.05) is 12.1 Å². The van der Waals surface area contributed by atoms with E-state index in [1.54, 1.807) is 0 Å². The summed E-state index contributed by atoms with van der Waals surface area (Å²) in [5, 5.41) is 0. The summed E-state index contributed by atoms with van der Waals surface area (Å²) in [7, 11) is 0. The van der Waals surface area contributed by atoms with Crippen LogP contribution in [0.25, 0.3) is 0 Å². The number of ketones is 1. The van der Waals surface area contributed by atoms with Gasteiger partial charge in [0.05, 0.1) is 6.61 Å². The molecular weight excluding hydrogens is 260 g/mol. The zero-order chi connectivity index (χ0) is 15.3. The first-order chi connectivity index (χ1) is 10.3. The van der Waals surface area contributed by atoms with Gasteiger partial charge < -0.3 is 4.74 Å². The van der Waals surface area contributed by atoms with Crippen molar-refractivity contribution in [3.05, 3.63) is 29.8 Å². The quantitative estimate of drug-likeness (QED) is 0.486.